The summed E-state index contributed by atoms with van der Waals surface area (Å²) in [6.07, 6.45) is 6.02. The van der Waals surface area contributed by atoms with E-state index < -0.39 is 0 Å². The summed E-state index contributed by atoms with van der Waals surface area (Å²) in [5.74, 6) is -0.0537. The fraction of sp³-hybridized carbons (Fsp3) is 0.346. The molecule has 2 N–H and O–H groups in total. The maximum Gasteiger partial charge on any atom is 0.274 e. The average molecular weight is 449 g/mol. The third kappa shape index (κ3) is 5.00. The Bertz CT molecular complexity index is 1020. The molecule has 1 amide bonds. The Labute approximate surface area is 194 Å². The summed E-state index contributed by atoms with van der Waals surface area (Å²) in [5.41, 5.74) is 9.00. The van der Waals surface area contributed by atoms with Crippen molar-refractivity contribution in [3.05, 3.63) is 94.8 Å². The van der Waals surface area contributed by atoms with Crippen LogP contribution in [0.4, 0.5) is 0 Å². The molecule has 1 fully saturated rings. The number of nitrogens with two attached hydrogens (primary N) is 1. The van der Waals surface area contributed by atoms with Crippen LogP contribution in [0.15, 0.2) is 72.9 Å². The number of aromatic nitrogens is 2. The van der Waals surface area contributed by atoms with E-state index in [0.29, 0.717) is 18.8 Å². The largest absolute Gasteiger partial charge is 0.334 e. The van der Waals surface area contributed by atoms with Crippen molar-refractivity contribution in [2.75, 3.05) is 13.1 Å². The van der Waals surface area contributed by atoms with Gasteiger partial charge < -0.3 is 10.6 Å². The highest BCUT2D eigenvalue weighted by atomic mass is 35.5. The van der Waals surface area contributed by atoms with Crippen molar-refractivity contribution in [3.63, 3.8) is 0 Å². The minimum atomic E-state index is -0.0951. The molecule has 3 aromatic rings. The van der Waals surface area contributed by atoms with Crippen molar-refractivity contribution in [2.45, 2.75) is 43.6 Å². The van der Waals surface area contributed by atoms with Crippen LogP contribution in [-0.4, -0.2) is 40.1 Å². The zero-order valence-electron chi connectivity index (χ0n) is 18.2. The maximum absolute atomic E-state index is 13.4. The molecule has 1 saturated carbocycles. The first kappa shape index (κ1) is 22.4. The first-order valence-electron chi connectivity index (χ1n) is 11.2. The van der Waals surface area contributed by atoms with Gasteiger partial charge in [0.25, 0.3) is 5.91 Å². The Morgan fingerprint density at radius 2 is 1.84 bits per heavy atom. The van der Waals surface area contributed by atoms with Crippen molar-refractivity contribution in [2.24, 2.45) is 5.73 Å². The molecule has 1 heterocycles. The lowest BCUT2D eigenvalue weighted by Gasteiger charge is -2.43. The van der Waals surface area contributed by atoms with Gasteiger partial charge in [0.2, 0.25) is 0 Å². The molecule has 4 rings (SSSR count). The van der Waals surface area contributed by atoms with Crippen LogP contribution in [0.1, 0.15) is 47.3 Å². The average Bonchev–Trinajstić information content (AvgIpc) is 2.85. The van der Waals surface area contributed by atoms with Gasteiger partial charge in [-0.05, 0) is 67.5 Å². The van der Waals surface area contributed by atoms with E-state index >= 15 is 0 Å². The van der Waals surface area contributed by atoms with Gasteiger partial charge in [0.15, 0.2) is 5.69 Å². The van der Waals surface area contributed by atoms with Crippen molar-refractivity contribution in [3.8, 4) is 0 Å². The number of halogens is 1. The summed E-state index contributed by atoms with van der Waals surface area (Å²) in [6.45, 7) is 1.22. The minimum Gasteiger partial charge on any atom is -0.334 e. The molecule has 0 atom stereocenters. The molecule has 166 valence electrons. The highest BCUT2D eigenvalue weighted by Crippen LogP contribution is 2.41. The second-order valence-corrected chi connectivity index (χ2v) is 9.01. The Morgan fingerprint density at radius 3 is 2.50 bits per heavy atom. The molecule has 0 unspecified atom stereocenters. The fourth-order valence-electron chi connectivity index (χ4n) is 4.80. The second-order valence-electron chi connectivity index (χ2n) is 8.57. The lowest BCUT2D eigenvalue weighted by molar-refractivity contribution is 0.0590. The van der Waals surface area contributed by atoms with E-state index in [1.165, 1.54) is 11.1 Å². The van der Waals surface area contributed by atoms with E-state index in [4.69, 9.17) is 17.3 Å². The summed E-state index contributed by atoms with van der Waals surface area (Å²) in [4.78, 5) is 15.4. The topological polar surface area (TPSA) is 72.1 Å². The van der Waals surface area contributed by atoms with Crippen LogP contribution in [-0.2, 0) is 11.8 Å². The standard InChI is InChI=1S/C26H29ClN4O/c27-22-9-4-8-21(18-22)26(19-28)14-11-23(12-15-26)31(17-13-20-6-2-1-3-7-20)25(32)24-10-5-16-29-30-24/h1-10,16,18,23H,11-15,17,19,28H2/t23-,26-. The molecule has 32 heavy (non-hydrogen) atoms. The quantitative estimate of drug-likeness (QED) is 0.570. The predicted molar refractivity (Wildman–Crippen MR) is 128 cm³/mol. The van der Waals surface area contributed by atoms with Crippen LogP contribution in [0.25, 0.3) is 0 Å². The molecule has 6 heteroatoms. The summed E-state index contributed by atoms with van der Waals surface area (Å²) in [7, 11) is 0. The van der Waals surface area contributed by atoms with E-state index in [-0.39, 0.29) is 17.4 Å². The van der Waals surface area contributed by atoms with Crippen LogP contribution in [0.3, 0.4) is 0 Å². The van der Waals surface area contributed by atoms with E-state index in [2.05, 4.69) is 28.4 Å². The summed E-state index contributed by atoms with van der Waals surface area (Å²) in [5, 5.41) is 8.72. The first-order chi connectivity index (χ1) is 15.6. The number of nitrogens with zero attached hydrogens (tertiary/aromatic N) is 3. The van der Waals surface area contributed by atoms with Gasteiger partial charge >= 0.3 is 0 Å². The molecular weight excluding hydrogens is 420 g/mol. The predicted octanol–water partition coefficient (Wildman–Crippen LogP) is 4.65. The molecule has 5 nitrogen and oxygen atoms in total. The third-order valence-electron chi connectivity index (χ3n) is 6.72. The summed E-state index contributed by atoms with van der Waals surface area (Å²) < 4.78 is 0. The molecule has 0 aliphatic heterocycles. The lowest BCUT2D eigenvalue weighted by atomic mass is 9.68. The summed E-state index contributed by atoms with van der Waals surface area (Å²) >= 11 is 6.26. The number of hydrogen-bond acceptors (Lipinski definition) is 4. The van der Waals surface area contributed by atoms with E-state index in [9.17, 15) is 4.79 Å². The van der Waals surface area contributed by atoms with Crippen LogP contribution >= 0.6 is 11.6 Å². The van der Waals surface area contributed by atoms with Crippen molar-refractivity contribution in [1.82, 2.24) is 15.1 Å². The molecule has 1 aliphatic carbocycles. The molecule has 1 aromatic heterocycles. The summed E-state index contributed by atoms with van der Waals surface area (Å²) in [6, 6.07) is 22.0. The van der Waals surface area contributed by atoms with Gasteiger partial charge in [0.1, 0.15) is 0 Å². The molecule has 0 bridgehead atoms. The van der Waals surface area contributed by atoms with Crippen LogP contribution in [0, 0.1) is 0 Å². The molecule has 1 aliphatic rings. The Morgan fingerprint density at radius 1 is 1.06 bits per heavy atom. The first-order valence-corrected chi connectivity index (χ1v) is 11.6. The normalized spacial score (nSPS) is 20.6. The fourth-order valence-corrected chi connectivity index (χ4v) is 4.99. The zero-order valence-corrected chi connectivity index (χ0v) is 18.9. The third-order valence-corrected chi connectivity index (χ3v) is 6.95. The van der Waals surface area contributed by atoms with Gasteiger partial charge in [-0.15, -0.1) is 5.10 Å². The van der Waals surface area contributed by atoms with Gasteiger partial charge in [-0.25, -0.2) is 0 Å². The number of amides is 1. The van der Waals surface area contributed by atoms with Crippen LogP contribution in [0.2, 0.25) is 5.02 Å². The van der Waals surface area contributed by atoms with Gasteiger partial charge in [-0.3, -0.25) is 4.79 Å². The van der Waals surface area contributed by atoms with E-state index in [1.807, 2.05) is 41.3 Å². The minimum absolute atomic E-state index is 0.0537. The van der Waals surface area contributed by atoms with E-state index in [1.54, 1.807) is 18.3 Å². The lowest BCUT2D eigenvalue weighted by Crippen LogP contribution is -2.48. The van der Waals surface area contributed by atoms with E-state index in [0.717, 1.165) is 37.1 Å². The van der Waals surface area contributed by atoms with Crippen molar-refractivity contribution < 1.29 is 4.79 Å². The molecule has 2 aromatic carbocycles. The number of rotatable bonds is 7. The number of hydrogen-bond donors (Lipinski definition) is 1. The number of benzene rings is 2. The molecule has 0 spiro atoms. The highest BCUT2D eigenvalue weighted by Gasteiger charge is 2.39. The zero-order chi connectivity index (χ0) is 22.4. The maximum atomic E-state index is 13.4. The van der Waals surface area contributed by atoms with Crippen LogP contribution < -0.4 is 5.73 Å². The Hall–Kier alpha value is -2.76. The Balaban J connectivity index is 1.53. The van der Waals surface area contributed by atoms with Crippen LogP contribution in [0.5, 0.6) is 0 Å². The molecule has 0 saturated heterocycles. The number of carbonyl (C=O) groups excluding carboxylic acids is 1. The van der Waals surface area contributed by atoms with Gasteiger partial charge in [0.05, 0.1) is 0 Å². The SMILES string of the molecule is NC[C@]1(c2cccc(Cl)c2)CC[C@H](N(CCc2ccccc2)C(=O)c2cccnn2)CC1. The van der Waals surface area contributed by atoms with Crippen molar-refractivity contribution in [1.29, 1.82) is 0 Å². The highest BCUT2D eigenvalue weighted by molar-refractivity contribution is 6.30. The molecule has 0 radical (unpaired) electrons. The van der Waals surface area contributed by atoms with Gasteiger partial charge in [0, 0.05) is 35.8 Å². The molecular formula is C26H29ClN4O. The number of carbonyl (C=O) groups is 1. The van der Waals surface area contributed by atoms with Gasteiger partial charge in [-0.2, -0.15) is 5.10 Å². The second kappa shape index (κ2) is 10.2. The van der Waals surface area contributed by atoms with Gasteiger partial charge in [-0.1, -0.05) is 54.1 Å². The monoisotopic (exact) mass is 448 g/mol. The Kier molecular flexibility index (Phi) is 7.18. The smallest absolute Gasteiger partial charge is 0.274 e. The van der Waals surface area contributed by atoms with Crippen molar-refractivity contribution >= 4 is 17.5 Å².